The van der Waals surface area contributed by atoms with Gasteiger partial charge in [0, 0.05) is 5.71 Å². The molecule has 2 heterocycles. The van der Waals surface area contributed by atoms with Gasteiger partial charge in [0.25, 0.3) is 0 Å². The number of methoxy groups -OCH3 is 1. The number of halogens is 1. The second kappa shape index (κ2) is 7.83. The topological polar surface area (TPSA) is 78.6 Å². The first kappa shape index (κ1) is 18.8. The molecule has 29 heavy (non-hydrogen) atoms. The second-order valence-electron chi connectivity index (χ2n) is 6.69. The number of benzene rings is 2. The number of carbonyl (C=O) groups is 1. The van der Waals surface area contributed by atoms with Crippen molar-refractivity contribution in [1.29, 1.82) is 0 Å². The molecule has 0 saturated carbocycles. The van der Waals surface area contributed by atoms with Crippen molar-refractivity contribution in [3.8, 4) is 5.75 Å². The summed E-state index contributed by atoms with van der Waals surface area (Å²) in [5.74, 6) is -0.248. The van der Waals surface area contributed by atoms with Crippen LogP contribution in [0.2, 0.25) is 0 Å². The van der Waals surface area contributed by atoms with Crippen LogP contribution >= 0.6 is 0 Å². The fourth-order valence-corrected chi connectivity index (χ4v) is 3.41. The van der Waals surface area contributed by atoms with Gasteiger partial charge in [-0.15, -0.1) is 0 Å². The van der Waals surface area contributed by atoms with Crippen LogP contribution in [0.4, 0.5) is 10.3 Å². The SMILES string of the molecule is COC(=O)C1C(C)=Nc2ncnn2C1c1cccc(OCc2ccc(F)cc2)c1. The zero-order chi connectivity index (χ0) is 20.4. The van der Waals surface area contributed by atoms with Gasteiger partial charge in [-0.2, -0.15) is 10.1 Å². The molecule has 4 rings (SSSR count). The fraction of sp³-hybridized carbons (Fsp3) is 0.238. The lowest BCUT2D eigenvalue weighted by Crippen LogP contribution is -2.36. The van der Waals surface area contributed by atoms with Crippen molar-refractivity contribution in [2.45, 2.75) is 19.6 Å². The van der Waals surface area contributed by atoms with Gasteiger partial charge in [-0.3, -0.25) is 4.79 Å². The van der Waals surface area contributed by atoms with Crippen LogP contribution in [0.1, 0.15) is 24.1 Å². The van der Waals surface area contributed by atoms with Gasteiger partial charge in [-0.25, -0.2) is 14.1 Å². The molecule has 0 spiro atoms. The Balaban J connectivity index is 1.64. The monoisotopic (exact) mass is 394 g/mol. The number of ether oxygens (including phenoxy) is 2. The number of aliphatic imine (C=N–C) groups is 1. The minimum Gasteiger partial charge on any atom is -0.489 e. The molecular formula is C21H19FN4O3. The Hall–Kier alpha value is -3.55. The van der Waals surface area contributed by atoms with Gasteiger partial charge in [-0.05, 0) is 42.3 Å². The minimum absolute atomic E-state index is 0.289. The average Bonchev–Trinajstić information content (AvgIpc) is 3.20. The van der Waals surface area contributed by atoms with E-state index >= 15 is 0 Å². The minimum atomic E-state index is -0.624. The highest BCUT2D eigenvalue weighted by Crippen LogP contribution is 2.36. The highest BCUT2D eigenvalue weighted by Gasteiger charge is 2.39. The molecule has 0 amide bonds. The molecule has 0 bridgehead atoms. The fourth-order valence-electron chi connectivity index (χ4n) is 3.41. The molecule has 2 unspecified atom stereocenters. The van der Waals surface area contributed by atoms with E-state index in [1.54, 1.807) is 23.7 Å². The van der Waals surface area contributed by atoms with Gasteiger partial charge in [0.2, 0.25) is 5.95 Å². The Labute approximate surface area is 166 Å². The quantitative estimate of drug-likeness (QED) is 0.619. The summed E-state index contributed by atoms with van der Waals surface area (Å²) >= 11 is 0. The number of hydrogen-bond acceptors (Lipinski definition) is 6. The maximum absolute atomic E-state index is 13.1. The molecule has 2 aromatic carbocycles. The number of carbonyl (C=O) groups excluding carboxylic acids is 1. The molecule has 0 saturated heterocycles. The lowest BCUT2D eigenvalue weighted by atomic mass is 9.88. The molecule has 2 atom stereocenters. The lowest BCUT2D eigenvalue weighted by Gasteiger charge is -2.29. The largest absolute Gasteiger partial charge is 0.489 e. The molecule has 0 aliphatic carbocycles. The summed E-state index contributed by atoms with van der Waals surface area (Å²) in [5, 5.41) is 4.26. The zero-order valence-electron chi connectivity index (χ0n) is 15.9. The van der Waals surface area contributed by atoms with Gasteiger partial charge < -0.3 is 9.47 Å². The second-order valence-corrected chi connectivity index (χ2v) is 6.69. The van der Waals surface area contributed by atoms with Crippen molar-refractivity contribution in [3.63, 3.8) is 0 Å². The number of rotatable bonds is 5. The van der Waals surface area contributed by atoms with Gasteiger partial charge in [-0.1, -0.05) is 24.3 Å². The van der Waals surface area contributed by atoms with E-state index in [1.807, 2.05) is 24.3 Å². The standard InChI is InChI=1S/C21H19FN4O3/c1-13-18(20(27)28-2)19(26-21(25-13)23-12-24-26)15-4-3-5-17(10-15)29-11-14-6-8-16(22)9-7-14/h3-10,12,18-19H,11H2,1-2H3. The van der Waals surface area contributed by atoms with Crippen molar-refractivity contribution in [2.24, 2.45) is 10.9 Å². The van der Waals surface area contributed by atoms with E-state index in [0.717, 1.165) is 11.1 Å². The summed E-state index contributed by atoms with van der Waals surface area (Å²) in [5.41, 5.74) is 2.28. The van der Waals surface area contributed by atoms with Crippen LogP contribution in [0.15, 0.2) is 59.9 Å². The Morgan fingerprint density at radius 2 is 2.00 bits per heavy atom. The van der Waals surface area contributed by atoms with E-state index < -0.39 is 17.9 Å². The third kappa shape index (κ3) is 3.73. The first-order valence-electron chi connectivity index (χ1n) is 9.06. The van der Waals surface area contributed by atoms with Crippen LogP contribution < -0.4 is 4.74 Å². The molecule has 148 valence electrons. The molecule has 7 nitrogen and oxygen atoms in total. The van der Waals surface area contributed by atoms with E-state index in [4.69, 9.17) is 9.47 Å². The Morgan fingerprint density at radius 1 is 1.21 bits per heavy atom. The Kier molecular flexibility index (Phi) is 5.07. The summed E-state index contributed by atoms with van der Waals surface area (Å²) < 4.78 is 25.6. The van der Waals surface area contributed by atoms with Crippen LogP contribution in [0, 0.1) is 11.7 Å². The van der Waals surface area contributed by atoms with Crippen molar-refractivity contribution in [3.05, 3.63) is 71.8 Å². The van der Waals surface area contributed by atoms with Crippen LogP contribution in [0.25, 0.3) is 0 Å². The maximum atomic E-state index is 13.1. The predicted octanol–water partition coefficient (Wildman–Crippen LogP) is 3.48. The summed E-state index contributed by atoms with van der Waals surface area (Å²) in [6.07, 6.45) is 1.41. The summed E-state index contributed by atoms with van der Waals surface area (Å²) in [6.45, 7) is 2.07. The van der Waals surface area contributed by atoms with Gasteiger partial charge >= 0.3 is 5.97 Å². The zero-order valence-corrected chi connectivity index (χ0v) is 15.9. The number of hydrogen-bond donors (Lipinski definition) is 0. The van der Waals surface area contributed by atoms with Crippen LogP contribution in [0.3, 0.4) is 0 Å². The van der Waals surface area contributed by atoms with Crippen LogP contribution in [-0.4, -0.2) is 33.6 Å². The van der Waals surface area contributed by atoms with E-state index in [1.165, 1.54) is 25.6 Å². The van der Waals surface area contributed by atoms with Crippen molar-refractivity contribution in [1.82, 2.24) is 14.8 Å². The summed E-state index contributed by atoms with van der Waals surface area (Å²) in [6, 6.07) is 13.1. The van der Waals surface area contributed by atoms with E-state index in [9.17, 15) is 9.18 Å². The third-order valence-corrected chi connectivity index (χ3v) is 4.83. The van der Waals surface area contributed by atoms with Gasteiger partial charge in [0.15, 0.2) is 0 Å². The first-order chi connectivity index (χ1) is 14.1. The van der Waals surface area contributed by atoms with Crippen LogP contribution in [0.5, 0.6) is 5.75 Å². The third-order valence-electron chi connectivity index (χ3n) is 4.83. The van der Waals surface area contributed by atoms with E-state index in [0.29, 0.717) is 24.0 Å². The number of fused-ring (bicyclic) bond motifs is 1. The van der Waals surface area contributed by atoms with Gasteiger partial charge in [0.1, 0.15) is 30.4 Å². The highest BCUT2D eigenvalue weighted by molar-refractivity contribution is 6.03. The predicted molar refractivity (Wildman–Crippen MR) is 104 cm³/mol. The first-order valence-corrected chi connectivity index (χ1v) is 9.06. The summed E-state index contributed by atoms with van der Waals surface area (Å²) in [7, 11) is 1.35. The molecule has 3 aromatic rings. The molecule has 1 aliphatic heterocycles. The molecule has 0 N–H and O–H groups in total. The molecule has 1 aromatic heterocycles. The van der Waals surface area contributed by atoms with Gasteiger partial charge in [0.05, 0.1) is 13.2 Å². The van der Waals surface area contributed by atoms with Crippen LogP contribution in [-0.2, 0) is 16.1 Å². The smallest absolute Gasteiger partial charge is 0.316 e. The molecular weight excluding hydrogens is 375 g/mol. The molecule has 0 radical (unpaired) electrons. The van der Waals surface area contributed by atoms with E-state index in [2.05, 4.69) is 15.1 Å². The van der Waals surface area contributed by atoms with E-state index in [-0.39, 0.29) is 5.82 Å². The van der Waals surface area contributed by atoms with Crippen molar-refractivity contribution in [2.75, 3.05) is 7.11 Å². The van der Waals surface area contributed by atoms with Crippen molar-refractivity contribution >= 4 is 17.6 Å². The highest BCUT2D eigenvalue weighted by atomic mass is 19.1. The molecule has 0 fully saturated rings. The molecule has 1 aliphatic rings. The average molecular weight is 394 g/mol. The molecule has 8 heteroatoms. The van der Waals surface area contributed by atoms with Crippen molar-refractivity contribution < 1.29 is 18.7 Å². The lowest BCUT2D eigenvalue weighted by molar-refractivity contribution is -0.144. The number of aromatic nitrogens is 3. The normalized spacial score (nSPS) is 18.0. The number of nitrogens with zero attached hydrogens (tertiary/aromatic N) is 4. The Morgan fingerprint density at radius 3 is 2.76 bits per heavy atom. The summed E-state index contributed by atoms with van der Waals surface area (Å²) in [4.78, 5) is 21.0. The maximum Gasteiger partial charge on any atom is 0.316 e. The number of esters is 1. The Bertz CT molecular complexity index is 1060.